The number of carbonyl (C=O) groups excluding carboxylic acids is 2. The second kappa shape index (κ2) is 6.20. The summed E-state index contributed by atoms with van der Waals surface area (Å²) in [5, 5.41) is 0. The number of esters is 1. The minimum atomic E-state index is -1.69. The van der Waals surface area contributed by atoms with Crippen LogP contribution in [0.4, 0.5) is 4.39 Å². The van der Waals surface area contributed by atoms with Gasteiger partial charge in [-0.05, 0) is 75.7 Å². The molecule has 0 aromatic rings. The first-order chi connectivity index (χ1) is 13.0. The van der Waals surface area contributed by atoms with Crippen LogP contribution in [0, 0.1) is 22.7 Å². The molecule has 0 radical (unpaired) electrons. The number of allylic oxidation sites excluding steroid dienone is 4. The average Bonchev–Trinajstić information content (AvgIpc) is 2.88. The van der Waals surface area contributed by atoms with E-state index in [1.54, 1.807) is 12.2 Å². The molecule has 1 unspecified atom stereocenters. The van der Waals surface area contributed by atoms with Gasteiger partial charge in [0.15, 0.2) is 11.5 Å². The summed E-state index contributed by atoms with van der Waals surface area (Å²) in [6.07, 6.45) is 10.2. The van der Waals surface area contributed by atoms with Gasteiger partial charge in [-0.15, -0.1) is 0 Å². The number of halogens is 1. The van der Waals surface area contributed by atoms with E-state index in [0.29, 0.717) is 12.8 Å². The molecule has 3 fully saturated rings. The molecule has 0 aromatic heterocycles. The van der Waals surface area contributed by atoms with E-state index in [1.807, 2.05) is 18.7 Å². The number of hydrogen-bond donors (Lipinski definition) is 0. The normalized spacial score (nSPS) is 49.7. The fourth-order valence-electron chi connectivity index (χ4n) is 7.04. The summed E-state index contributed by atoms with van der Waals surface area (Å²) in [6, 6.07) is 0. The predicted molar refractivity (Wildman–Crippen MR) is 110 cm³/mol. The lowest BCUT2D eigenvalue weighted by Crippen LogP contribution is -2.68. The van der Waals surface area contributed by atoms with Crippen LogP contribution in [0.15, 0.2) is 23.8 Å². The molecule has 0 aromatic carbocycles. The third kappa shape index (κ3) is 2.34. The average molecular weight is 407 g/mol. The van der Waals surface area contributed by atoms with Gasteiger partial charge < -0.3 is 4.74 Å². The molecule has 4 aliphatic carbocycles. The molecule has 0 amide bonds. The molecule has 0 saturated heterocycles. The molecular weight excluding hydrogens is 375 g/mol. The van der Waals surface area contributed by atoms with E-state index in [4.69, 9.17) is 4.74 Å². The second-order valence-corrected chi connectivity index (χ2v) is 11.1. The summed E-state index contributed by atoms with van der Waals surface area (Å²) in [5.41, 5.74) is -1.82. The predicted octanol–water partition coefficient (Wildman–Crippen LogP) is 5.05. The Labute approximate surface area is 171 Å². The van der Waals surface area contributed by atoms with Gasteiger partial charge in [0.1, 0.15) is 6.10 Å². The van der Waals surface area contributed by atoms with Gasteiger partial charge in [-0.2, -0.15) is 11.8 Å². The zero-order chi connectivity index (χ0) is 20.5. The summed E-state index contributed by atoms with van der Waals surface area (Å²) in [5.74, 6) is -0.423. The number of ether oxygens (including phenoxy) is 1. The van der Waals surface area contributed by atoms with Crippen molar-refractivity contribution in [3.8, 4) is 0 Å². The summed E-state index contributed by atoms with van der Waals surface area (Å²) >= 11 is 1.87. The highest BCUT2D eigenvalue weighted by molar-refractivity contribution is 8.00. The van der Waals surface area contributed by atoms with Crippen LogP contribution in [0.2, 0.25) is 0 Å². The zero-order valence-corrected chi connectivity index (χ0v) is 18.3. The fourth-order valence-corrected chi connectivity index (χ4v) is 8.06. The second-order valence-electron chi connectivity index (χ2n) is 9.82. The molecule has 154 valence electrons. The molecule has 3 nitrogen and oxygen atoms in total. The van der Waals surface area contributed by atoms with Crippen molar-refractivity contribution in [3.63, 3.8) is 0 Å². The van der Waals surface area contributed by atoms with Crippen molar-refractivity contribution in [2.24, 2.45) is 22.7 Å². The topological polar surface area (TPSA) is 43.4 Å². The van der Waals surface area contributed by atoms with E-state index in [9.17, 15) is 9.59 Å². The lowest BCUT2D eigenvalue weighted by Gasteiger charge is -2.63. The van der Waals surface area contributed by atoms with Gasteiger partial charge in [-0.25, -0.2) is 4.39 Å². The highest BCUT2D eigenvalue weighted by Crippen LogP contribution is 2.71. The molecule has 7 atom stereocenters. The molecule has 0 N–H and O–H groups in total. The van der Waals surface area contributed by atoms with E-state index in [0.717, 1.165) is 24.8 Å². The monoisotopic (exact) mass is 406 g/mol. The van der Waals surface area contributed by atoms with Gasteiger partial charge in [0.25, 0.3) is 0 Å². The van der Waals surface area contributed by atoms with Crippen molar-refractivity contribution in [1.29, 1.82) is 0 Å². The fraction of sp³-hybridized carbons (Fsp3) is 0.739. The van der Waals surface area contributed by atoms with Crippen LogP contribution in [-0.4, -0.2) is 34.5 Å². The van der Waals surface area contributed by atoms with Crippen LogP contribution in [0.1, 0.15) is 59.8 Å². The molecule has 28 heavy (non-hydrogen) atoms. The zero-order valence-electron chi connectivity index (χ0n) is 17.5. The number of hydrogen-bond acceptors (Lipinski definition) is 4. The Morgan fingerprint density at radius 1 is 1.25 bits per heavy atom. The van der Waals surface area contributed by atoms with Crippen molar-refractivity contribution in [3.05, 3.63) is 23.8 Å². The minimum Gasteiger partial charge on any atom is -0.459 e. The SMILES string of the molecule is CS[C@]1(C)CC[C@H]2[C@@H]3CCC4=CC(=O)C=C[C@]4(C)C3(F)[C@@H](OC(C)=O)C[C@@]21C. The molecule has 0 bridgehead atoms. The smallest absolute Gasteiger partial charge is 0.303 e. The van der Waals surface area contributed by atoms with E-state index in [2.05, 4.69) is 20.1 Å². The highest BCUT2D eigenvalue weighted by atomic mass is 32.2. The molecular formula is C23H31FO3S. The van der Waals surface area contributed by atoms with E-state index in [-0.39, 0.29) is 27.8 Å². The first kappa shape index (κ1) is 20.2. The Bertz CT molecular complexity index is 791. The van der Waals surface area contributed by atoms with Crippen LogP contribution in [0.25, 0.3) is 0 Å². The number of carbonyl (C=O) groups is 2. The summed E-state index contributed by atoms with van der Waals surface area (Å²) in [6.45, 7) is 7.85. The molecule has 5 heteroatoms. The Hall–Kier alpha value is -1.10. The summed E-state index contributed by atoms with van der Waals surface area (Å²) in [7, 11) is 0. The minimum absolute atomic E-state index is 0.0484. The van der Waals surface area contributed by atoms with Gasteiger partial charge in [-0.1, -0.05) is 18.6 Å². The number of alkyl halides is 1. The molecule has 0 aliphatic heterocycles. The van der Waals surface area contributed by atoms with Crippen LogP contribution in [0.5, 0.6) is 0 Å². The maximum absolute atomic E-state index is 17.4. The summed E-state index contributed by atoms with van der Waals surface area (Å²) < 4.78 is 23.2. The van der Waals surface area contributed by atoms with Crippen molar-refractivity contribution < 1.29 is 18.7 Å². The number of ketones is 1. The van der Waals surface area contributed by atoms with Crippen LogP contribution in [-0.2, 0) is 14.3 Å². The van der Waals surface area contributed by atoms with Crippen LogP contribution >= 0.6 is 11.8 Å². The Morgan fingerprint density at radius 3 is 2.61 bits per heavy atom. The highest BCUT2D eigenvalue weighted by Gasteiger charge is 2.73. The molecule has 4 aliphatic rings. The van der Waals surface area contributed by atoms with Gasteiger partial charge >= 0.3 is 5.97 Å². The largest absolute Gasteiger partial charge is 0.459 e. The number of rotatable bonds is 2. The maximum atomic E-state index is 17.4. The molecule has 4 rings (SSSR count). The van der Waals surface area contributed by atoms with E-state index in [1.165, 1.54) is 13.0 Å². The third-order valence-corrected chi connectivity index (χ3v) is 10.5. The van der Waals surface area contributed by atoms with Gasteiger partial charge in [-0.3, -0.25) is 9.59 Å². The standard InChI is InChI=1S/C23H31FO3S/c1-14(25)27-19-13-21(3)17(9-11-22(21,4)28-5)18-7-6-15-12-16(26)8-10-20(15,2)23(18,19)24/h8,10,12,17-19H,6-7,9,11,13H2,1-5H3/t17-,18-,19-,20-,21-,22+,23?/m0/s1. The lowest BCUT2D eigenvalue weighted by molar-refractivity contribution is -0.210. The van der Waals surface area contributed by atoms with Crippen LogP contribution < -0.4 is 0 Å². The van der Waals surface area contributed by atoms with Gasteiger partial charge in [0.2, 0.25) is 0 Å². The maximum Gasteiger partial charge on any atom is 0.303 e. The first-order valence-corrected chi connectivity index (χ1v) is 11.6. The quantitative estimate of drug-likeness (QED) is 0.602. The first-order valence-electron chi connectivity index (χ1n) is 10.4. The summed E-state index contributed by atoms with van der Waals surface area (Å²) in [4.78, 5) is 24.0. The van der Waals surface area contributed by atoms with E-state index < -0.39 is 23.2 Å². The van der Waals surface area contributed by atoms with Crippen molar-refractivity contribution in [2.75, 3.05) is 6.26 Å². The third-order valence-electron chi connectivity index (χ3n) is 8.91. The van der Waals surface area contributed by atoms with Crippen molar-refractivity contribution in [1.82, 2.24) is 0 Å². The molecule has 0 heterocycles. The Morgan fingerprint density at radius 2 is 1.96 bits per heavy atom. The lowest BCUT2D eigenvalue weighted by atomic mass is 9.45. The number of fused-ring (bicyclic) bond motifs is 5. The van der Waals surface area contributed by atoms with Gasteiger partial charge in [0.05, 0.1) is 0 Å². The van der Waals surface area contributed by atoms with E-state index >= 15 is 4.39 Å². The molecule has 3 saturated carbocycles. The van der Waals surface area contributed by atoms with Crippen LogP contribution in [0.3, 0.4) is 0 Å². The Balaban J connectivity index is 1.87. The van der Waals surface area contributed by atoms with Crippen molar-refractivity contribution in [2.45, 2.75) is 76.3 Å². The van der Waals surface area contributed by atoms with Gasteiger partial charge in [0, 0.05) is 23.0 Å². The number of thioether (sulfide) groups is 1. The Kier molecular flexibility index (Phi) is 4.47. The van der Waals surface area contributed by atoms with Crippen molar-refractivity contribution >= 4 is 23.5 Å². The molecule has 0 spiro atoms.